The van der Waals surface area contributed by atoms with E-state index in [1.165, 1.54) is 12.4 Å². The van der Waals surface area contributed by atoms with Crippen LogP contribution in [0.2, 0.25) is 5.15 Å². The van der Waals surface area contributed by atoms with Gasteiger partial charge < -0.3 is 10.4 Å². The van der Waals surface area contributed by atoms with E-state index in [1.807, 2.05) is 0 Å². The van der Waals surface area contributed by atoms with Crippen LogP contribution < -0.4 is 5.32 Å². The summed E-state index contributed by atoms with van der Waals surface area (Å²) in [5, 5.41) is 11.8. The summed E-state index contributed by atoms with van der Waals surface area (Å²) < 4.78 is 0. The second-order valence-corrected chi connectivity index (χ2v) is 5.22. The molecule has 1 aliphatic rings. The fraction of sp³-hybridized carbons (Fsp3) is 0.500. The lowest BCUT2D eigenvalue weighted by Gasteiger charge is -2.40. The summed E-state index contributed by atoms with van der Waals surface area (Å²) in [7, 11) is 0. The van der Waals surface area contributed by atoms with Gasteiger partial charge in [0.2, 0.25) is 0 Å². The first-order valence-corrected chi connectivity index (χ1v) is 6.36. The summed E-state index contributed by atoms with van der Waals surface area (Å²) >= 11 is 5.58. The molecule has 0 aliphatic heterocycles. The Hall–Kier alpha value is -1.69. The minimum Gasteiger partial charge on any atom is -0.481 e. The van der Waals surface area contributed by atoms with Crippen molar-refractivity contribution in [3.63, 3.8) is 0 Å². The van der Waals surface area contributed by atoms with Crippen LogP contribution in [0.25, 0.3) is 0 Å². The number of amides is 1. The molecule has 7 heteroatoms. The van der Waals surface area contributed by atoms with Crippen molar-refractivity contribution in [2.45, 2.75) is 25.7 Å². The average molecular weight is 284 g/mol. The Balaban J connectivity index is 1.92. The lowest BCUT2D eigenvalue weighted by Crippen LogP contribution is -2.43. The molecule has 2 N–H and O–H groups in total. The second-order valence-electron chi connectivity index (χ2n) is 4.83. The number of aromatic nitrogens is 2. The molecule has 1 aromatic heterocycles. The van der Waals surface area contributed by atoms with Crippen molar-refractivity contribution < 1.29 is 14.7 Å². The summed E-state index contributed by atoms with van der Waals surface area (Å²) in [5.41, 5.74) is -0.129. The van der Waals surface area contributed by atoms with Crippen molar-refractivity contribution in [3.05, 3.63) is 23.2 Å². The van der Waals surface area contributed by atoms with E-state index in [0.717, 1.165) is 19.3 Å². The third-order valence-electron chi connectivity index (χ3n) is 3.42. The number of carbonyl (C=O) groups is 2. The zero-order valence-electron chi connectivity index (χ0n) is 10.2. The third-order valence-corrected chi connectivity index (χ3v) is 3.61. The summed E-state index contributed by atoms with van der Waals surface area (Å²) in [5.74, 6) is -1.19. The van der Waals surface area contributed by atoms with Crippen molar-refractivity contribution in [2.75, 3.05) is 6.54 Å². The van der Waals surface area contributed by atoms with E-state index < -0.39 is 5.97 Å². The first-order chi connectivity index (χ1) is 9.01. The highest BCUT2D eigenvalue weighted by Crippen LogP contribution is 2.43. The molecular weight excluding hydrogens is 270 g/mol. The number of aliphatic carboxylic acids is 1. The van der Waals surface area contributed by atoms with Gasteiger partial charge in [-0.25, -0.2) is 9.97 Å². The molecule has 1 aliphatic carbocycles. The molecular formula is C12H14ClN3O3. The molecule has 19 heavy (non-hydrogen) atoms. The number of hydrogen-bond acceptors (Lipinski definition) is 4. The predicted molar refractivity (Wildman–Crippen MR) is 67.9 cm³/mol. The molecule has 1 heterocycles. The average Bonchev–Trinajstić information content (AvgIpc) is 2.32. The number of carbonyl (C=O) groups excluding carboxylic acids is 1. The van der Waals surface area contributed by atoms with Crippen molar-refractivity contribution >= 4 is 23.5 Å². The van der Waals surface area contributed by atoms with Gasteiger partial charge in [0.05, 0.1) is 18.8 Å². The number of nitrogens with zero attached hydrogens (tertiary/aromatic N) is 2. The molecule has 0 radical (unpaired) electrons. The van der Waals surface area contributed by atoms with Gasteiger partial charge in [0.1, 0.15) is 10.8 Å². The maximum Gasteiger partial charge on any atom is 0.303 e. The smallest absolute Gasteiger partial charge is 0.303 e. The van der Waals surface area contributed by atoms with E-state index in [2.05, 4.69) is 15.3 Å². The highest BCUT2D eigenvalue weighted by atomic mass is 35.5. The molecule has 1 aromatic rings. The van der Waals surface area contributed by atoms with E-state index in [1.54, 1.807) is 0 Å². The van der Waals surface area contributed by atoms with Gasteiger partial charge in [-0.05, 0) is 18.3 Å². The SMILES string of the molecule is O=C(O)CC1(CNC(=O)c2cnc(Cl)cn2)CCC1. The monoisotopic (exact) mass is 283 g/mol. The first-order valence-electron chi connectivity index (χ1n) is 5.98. The Morgan fingerprint density at radius 3 is 2.58 bits per heavy atom. The number of halogens is 1. The number of rotatable bonds is 5. The normalized spacial score (nSPS) is 16.5. The van der Waals surface area contributed by atoms with Crippen LogP contribution in [-0.4, -0.2) is 33.5 Å². The van der Waals surface area contributed by atoms with Gasteiger partial charge in [-0.2, -0.15) is 0 Å². The van der Waals surface area contributed by atoms with Crippen molar-refractivity contribution in [1.82, 2.24) is 15.3 Å². The minimum atomic E-state index is -0.833. The lowest BCUT2D eigenvalue weighted by atomic mass is 9.66. The van der Waals surface area contributed by atoms with E-state index >= 15 is 0 Å². The molecule has 0 bridgehead atoms. The molecule has 1 saturated carbocycles. The van der Waals surface area contributed by atoms with Crippen LogP contribution in [0.1, 0.15) is 36.2 Å². The number of nitrogens with one attached hydrogen (secondary N) is 1. The van der Waals surface area contributed by atoms with Crippen LogP contribution in [-0.2, 0) is 4.79 Å². The summed E-state index contributed by atoms with van der Waals surface area (Å²) in [6.07, 6.45) is 5.33. The first kappa shape index (κ1) is 13.7. The van der Waals surface area contributed by atoms with Crippen LogP contribution in [0.3, 0.4) is 0 Å². The Morgan fingerprint density at radius 1 is 1.37 bits per heavy atom. The van der Waals surface area contributed by atoms with Crippen molar-refractivity contribution in [3.8, 4) is 0 Å². The maximum absolute atomic E-state index is 11.8. The van der Waals surface area contributed by atoms with Gasteiger partial charge in [-0.1, -0.05) is 18.0 Å². The number of carboxylic acid groups (broad SMARTS) is 1. The lowest BCUT2D eigenvalue weighted by molar-refractivity contribution is -0.141. The van der Waals surface area contributed by atoms with Gasteiger partial charge in [0, 0.05) is 6.54 Å². The van der Waals surface area contributed by atoms with Gasteiger partial charge in [-0.3, -0.25) is 9.59 Å². The summed E-state index contributed by atoms with van der Waals surface area (Å²) in [4.78, 5) is 30.3. The number of hydrogen-bond donors (Lipinski definition) is 2. The molecule has 6 nitrogen and oxygen atoms in total. The van der Waals surface area contributed by atoms with E-state index in [4.69, 9.17) is 16.7 Å². The maximum atomic E-state index is 11.8. The third kappa shape index (κ3) is 3.41. The quantitative estimate of drug-likeness (QED) is 0.854. The molecule has 0 aromatic carbocycles. The van der Waals surface area contributed by atoms with Gasteiger partial charge >= 0.3 is 5.97 Å². The van der Waals surface area contributed by atoms with E-state index in [-0.39, 0.29) is 28.6 Å². The fourth-order valence-electron chi connectivity index (χ4n) is 2.20. The molecule has 1 fully saturated rings. The Labute approximate surface area is 115 Å². The molecule has 0 unspecified atom stereocenters. The van der Waals surface area contributed by atoms with Gasteiger partial charge in [0.25, 0.3) is 5.91 Å². The van der Waals surface area contributed by atoms with Crippen LogP contribution in [0, 0.1) is 5.41 Å². The molecule has 0 spiro atoms. The topological polar surface area (TPSA) is 92.2 Å². The zero-order chi connectivity index (χ0) is 13.9. The van der Waals surface area contributed by atoms with Gasteiger partial charge in [0.15, 0.2) is 0 Å². The summed E-state index contributed by atoms with van der Waals surface area (Å²) in [6, 6.07) is 0. The van der Waals surface area contributed by atoms with Crippen molar-refractivity contribution in [2.24, 2.45) is 5.41 Å². The molecule has 102 valence electrons. The highest BCUT2D eigenvalue weighted by molar-refractivity contribution is 6.29. The zero-order valence-corrected chi connectivity index (χ0v) is 11.0. The van der Waals surface area contributed by atoms with E-state index in [0.29, 0.717) is 6.54 Å². The van der Waals surface area contributed by atoms with Crippen LogP contribution in [0.5, 0.6) is 0 Å². The Bertz CT molecular complexity index is 485. The molecule has 0 atom stereocenters. The Kier molecular flexibility index (Phi) is 3.99. The summed E-state index contributed by atoms with van der Waals surface area (Å²) in [6.45, 7) is 0.350. The largest absolute Gasteiger partial charge is 0.481 e. The van der Waals surface area contributed by atoms with Crippen LogP contribution >= 0.6 is 11.6 Å². The van der Waals surface area contributed by atoms with Crippen LogP contribution in [0.15, 0.2) is 12.4 Å². The Morgan fingerprint density at radius 2 is 2.11 bits per heavy atom. The van der Waals surface area contributed by atoms with Crippen LogP contribution in [0.4, 0.5) is 0 Å². The molecule has 2 rings (SSSR count). The standard InChI is InChI=1S/C12H14ClN3O3/c13-9-6-14-8(5-15-9)11(19)16-7-12(2-1-3-12)4-10(17)18/h5-6H,1-4,7H2,(H,16,19)(H,17,18). The predicted octanol–water partition coefficient (Wildman–Crippen LogP) is 1.50. The molecule has 0 saturated heterocycles. The second kappa shape index (κ2) is 5.52. The molecule has 1 amide bonds. The van der Waals surface area contributed by atoms with Gasteiger partial charge in [-0.15, -0.1) is 0 Å². The fourth-order valence-corrected chi connectivity index (χ4v) is 2.30. The minimum absolute atomic E-state index is 0.0829. The number of carboxylic acids is 1. The van der Waals surface area contributed by atoms with E-state index in [9.17, 15) is 9.59 Å². The highest BCUT2D eigenvalue weighted by Gasteiger charge is 2.39. The van der Waals surface area contributed by atoms with Crippen molar-refractivity contribution in [1.29, 1.82) is 0 Å².